The average Bonchev–Trinajstić information content (AvgIpc) is 3.23. The van der Waals surface area contributed by atoms with Gasteiger partial charge in [0.05, 0.1) is 5.69 Å². The number of rotatable bonds is 5. The van der Waals surface area contributed by atoms with Gasteiger partial charge in [-0.1, -0.05) is 72.3 Å². The molecule has 1 heterocycles. The summed E-state index contributed by atoms with van der Waals surface area (Å²) in [5, 5.41) is 6.05. The van der Waals surface area contributed by atoms with Crippen molar-refractivity contribution < 1.29 is 4.79 Å². The van der Waals surface area contributed by atoms with Crippen LogP contribution in [-0.4, -0.2) is 10.9 Å². The molecule has 0 unspecified atom stereocenters. The quantitative estimate of drug-likeness (QED) is 0.478. The van der Waals surface area contributed by atoms with Gasteiger partial charge in [0.25, 0.3) is 5.91 Å². The van der Waals surface area contributed by atoms with Gasteiger partial charge < -0.3 is 5.32 Å². The molecule has 4 aromatic rings. The molecule has 0 aliphatic heterocycles. The minimum Gasteiger partial charge on any atom is -0.348 e. The number of nitrogens with zero attached hydrogens (tertiary/aromatic N) is 1. The van der Waals surface area contributed by atoms with Crippen molar-refractivity contribution in [2.75, 3.05) is 0 Å². The monoisotopic (exact) mass is 384 g/mol. The molecule has 28 heavy (non-hydrogen) atoms. The van der Waals surface area contributed by atoms with E-state index in [0.29, 0.717) is 12.1 Å². The van der Waals surface area contributed by atoms with Crippen molar-refractivity contribution in [2.45, 2.75) is 13.5 Å². The normalized spacial score (nSPS) is 10.6. The Balaban J connectivity index is 1.42. The first-order valence-electron chi connectivity index (χ1n) is 9.14. The Hall–Kier alpha value is -3.24. The highest BCUT2D eigenvalue weighted by atomic mass is 32.1. The van der Waals surface area contributed by atoms with Crippen LogP contribution < -0.4 is 5.32 Å². The van der Waals surface area contributed by atoms with E-state index in [1.807, 2.05) is 61.5 Å². The van der Waals surface area contributed by atoms with E-state index in [-0.39, 0.29) is 5.91 Å². The Morgan fingerprint density at radius 1 is 0.929 bits per heavy atom. The van der Waals surface area contributed by atoms with Gasteiger partial charge in [0.2, 0.25) is 0 Å². The largest absolute Gasteiger partial charge is 0.348 e. The van der Waals surface area contributed by atoms with Crippen LogP contribution in [0.5, 0.6) is 0 Å². The molecule has 1 aromatic heterocycles. The van der Waals surface area contributed by atoms with Crippen molar-refractivity contribution in [3.05, 3.63) is 101 Å². The standard InChI is InChI=1S/C24H20N2OS/c1-17-6-5-9-21(14-17)23(27)25-15-18-10-12-20(13-11-18)24-26-22(16-28-24)19-7-3-2-4-8-19/h2-14,16H,15H2,1H3,(H,25,27). The maximum absolute atomic E-state index is 12.3. The molecular formula is C24H20N2OS. The zero-order valence-corrected chi connectivity index (χ0v) is 16.4. The molecule has 0 fully saturated rings. The summed E-state index contributed by atoms with van der Waals surface area (Å²) in [7, 11) is 0. The molecule has 1 amide bonds. The molecule has 0 aliphatic rings. The molecule has 0 bridgehead atoms. The molecule has 4 heteroatoms. The summed E-state index contributed by atoms with van der Waals surface area (Å²) in [4.78, 5) is 17.0. The van der Waals surface area contributed by atoms with Gasteiger partial charge in [0, 0.05) is 28.6 Å². The lowest BCUT2D eigenvalue weighted by Gasteiger charge is -2.07. The highest BCUT2D eigenvalue weighted by Crippen LogP contribution is 2.28. The predicted molar refractivity (Wildman–Crippen MR) is 115 cm³/mol. The summed E-state index contributed by atoms with van der Waals surface area (Å²) in [6.07, 6.45) is 0. The first kappa shape index (κ1) is 18.1. The number of hydrogen-bond acceptors (Lipinski definition) is 3. The molecule has 0 atom stereocenters. The van der Waals surface area contributed by atoms with Crippen LogP contribution in [0.1, 0.15) is 21.5 Å². The van der Waals surface area contributed by atoms with Gasteiger partial charge in [-0.25, -0.2) is 4.98 Å². The number of carbonyl (C=O) groups is 1. The maximum Gasteiger partial charge on any atom is 0.251 e. The van der Waals surface area contributed by atoms with Crippen molar-refractivity contribution in [3.8, 4) is 21.8 Å². The van der Waals surface area contributed by atoms with Crippen LogP contribution in [0.25, 0.3) is 21.8 Å². The van der Waals surface area contributed by atoms with Crippen LogP contribution in [0.15, 0.2) is 84.2 Å². The third kappa shape index (κ3) is 4.18. The molecular weight excluding hydrogens is 364 g/mol. The summed E-state index contributed by atoms with van der Waals surface area (Å²) in [6, 6.07) is 26.0. The van der Waals surface area contributed by atoms with E-state index in [1.165, 1.54) is 0 Å². The van der Waals surface area contributed by atoms with Crippen molar-refractivity contribution in [1.29, 1.82) is 0 Å². The SMILES string of the molecule is Cc1cccc(C(=O)NCc2ccc(-c3nc(-c4ccccc4)cs3)cc2)c1. The molecule has 0 radical (unpaired) electrons. The number of aromatic nitrogens is 1. The molecule has 0 spiro atoms. The fourth-order valence-electron chi connectivity index (χ4n) is 2.98. The third-order valence-corrected chi connectivity index (χ3v) is 5.40. The Morgan fingerprint density at radius 3 is 2.46 bits per heavy atom. The van der Waals surface area contributed by atoms with Gasteiger partial charge in [0.15, 0.2) is 0 Å². The van der Waals surface area contributed by atoms with E-state index >= 15 is 0 Å². The van der Waals surface area contributed by atoms with Gasteiger partial charge in [-0.15, -0.1) is 11.3 Å². The van der Waals surface area contributed by atoms with Crippen LogP contribution in [0, 0.1) is 6.92 Å². The Bertz CT molecular complexity index is 1090. The average molecular weight is 385 g/mol. The van der Waals surface area contributed by atoms with Gasteiger partial charge >= 0.3 is 0 Å². The number of carbonyl (C=O) groups excluding carboxylic acids is 1. The number of amides is 1. The van der Waals surface area contributed by atoms with Crippen LogP contribution in [0.3, 0.4) is 0 Å². The molecule has 0 saturated heterocycles. The topological polar surface area (TPSA) is 42.0 Å². The third-order valence-electron chi connectivity index (χ3n) is 4.51. The number of hydrogen-bond donors (Lipinski definition) is 1. The second-order valence-electron chi connectivity index (χ2n) is 6.65. The lowest BCUT2D eigenvalue weighted by atomic mass is 10.1. The summed E-state index contributed by atoms with van der Waals surface area (Å²) >= 11 is 1.64. The zero-order valence-electron chi connectivity index (χ0n) is 15.6. The van der Waals surface area contributed by atoms with Crippen molar-refractivity contribution in [1.82, 2.24) is 10.3 Å². The van der Waals surface area contributed by atoms with Gasteiger partial charge in [-0.2, -0.15) is 0 Å². The Morgan fingerprint density at radius 2 is 1.71 bits per heavy atom. The first-order chi connectivity index (χ1) is 13.7. The van der Waals surface area contributed by atoms with Gasteiger partial charge in [-0.3, -0.25) is 4.79 Å². The molecule has 0 saturated carbocycles. The maximum atomic E-state index is 12.3. The molecule has 0 aliphatic carbocycles. The van der Waals surface area contributed by atoms with Crippen LogP contribution in [0.2, 0.25) is 0 Å². The van der Waals surface area contributed by atoms with E-state index in [9.17, 15) is 4.79 Å². The Kier molecular flexibility index (Phi) is 5.31. The number of benzene rings is 3. The second kappa shape index (κ2) is 8.19. The van der Waals surface area contributed by atoms with E-state index in [1.54, 1.807) is 11.3 Å². The van der Waals surface area contributed by atoms with Gasteiger partial charge in [-0.05, 0) is 24.6 Å². The summed E-state index contributed by atoms with van der Waals surface area (Å²) in [6.45, 7) is 2.48. The molecule has 3 nitrogen and oxygen atoms in total. The van der Waals surface area contributed by atoms with Crippen molar-refractivity contribution in [3.63, 3.8) is 0 Å². The van der Waals surface area contributed by atoms with E-state index in [2.05, 4.69) is 35.0 Å². The summed E-state index contributed by atoms with van der Waals surface area (Å²) in [5.74, 6) is -0.0554. The first-order valence-corrected chi connectivity index (χ1v) is 10.0. The van der Waals surface area contributed by atoms with Crippen molar-refractivity contribution >= 4 is 17.2 Å². The molecule has 1 N–H and O–H groups in total. The molecule has 3 aromatic carbocycles. The lowest BCUT2D eigenvalue weighted by molar-refractivity contribution is 0.0951. The lowest BCUT2D eigenvalue weighted by Crippen LogP contribution is -2.22. The number of thiazole rings is 1. The highest BCUT2D eigenvalue weighted by Gasteiger charge is 2.08. The highest BCUT2D eigenvalue weighted by molar-refractivity contribution is 7.13. The van der Waals surface area contributed by atoms with Gasteiger partial charge in [0.1, 0.15) is 5.01 Å². The van der Waals surface area contributed by atoms with Crippen LogP contribution in [-0.2, 0) is 6.54 Å². The molecule has 4 rings (SSSR count). The molecule has 138 valence electrons. The van der Waals surface area contributed by atoms with E-state index in [0.717, 1.165) is 33.0 Å². The van der Waals surface area contributed by atoms with Crippen LogP contribution in [0.4, 0.5) is 0 Å². The summed E-state index contributed by atoms with van der Waals surface area (Å²) in [5.41, 5.74) is 6.03. The predicted octanol–water partition coefficient (Wildman–Crippen LogP) is 5.72. The van der Waals surface area contributed by atoms with Crippen LogP contribution >= 0.6 is 11.3 Å². The van der Waals surface area contributed by atoms with E-state index < -0.39 is 0 Å². The number of nitrogens with one attached hydrogen (secondary N) is 1. The second-order valence-corrected chi connectivity index (χ2v) is 7.51. The summed E-state index contributed by atoms with van der Waals surface area (Å²) < 4.78 is 0. The fraction of sp³-hybridized carbons (Fsp3) is 0.0833. The Labute approximate surface area is 168 Å². The minimum atomic E-state index is -0.0554. The minimum absolute atomic E-state index is 0.0554. The zero-order chi connectivity index (χ0) is 19.3. The van der Waals surface area contributed by atoms with E-state index in [4.69, 9.17) is 4.98 Å². The van der Waals surface area contributed by atoms with Crippen molar-refractivity contribution in [2.24, 2.45) is 0 Å². The number of aryl methyl sites for hydroxylation is 1. The smallest absolute Gasteiger partial charge is 0.251 e. The fourth-order valence-corrected chi connectivity index (χ4v) is 3.82.